The normalized spacial score (nSPS) is 14.4. The molecule has 0 rings (SSSR count). The van der Waals surface area contributed by atoms with Crippen molar-refractivity contribution in [1.82, 2.24) is 5.32 Å². The Bertz CT molecular complexity index is 487. The van der Waals surface area contributed by atoms with Gasteiger partial charge in [0, 0.05) is 11.8 Å². The lowest BCUT2D eigenvalue weighted by molar-refractivity contribution is -0.151. The standard InChI is InChI=1S/C14H22N2O6/c1-13(2,3)22-12(21)16-9(11(19)20)14(4,5)8(6-7-15)10(17)18/h8-9H,6H2,1-5H3,(H,16,21)(H,17,18)(H,19,20)/t8?,9-/m1/s1. The summed E-state index contributed by atoms with van der Waals surface area (Å²) >= 11 is 0. The van der Waals surface area contributed by atoms with Crippen molar-refractivity contribution in [2.24, 2.45) is 11.3 Å². The van der Waals surface area contributed by atoms with E-state index in [0.717, 1.165) is 0 Å². The maximum atomic E-state index is 11.8. The molecule has 0 radical (unpaired) electrons. The molecule has 1 unspecified atom stereocenters. The van der Waals surface area contributed by atoms with Crippen LogP contribution in [0.2, 0.25) is 0 Å². The molecule has 8 heteroatoms. The maximum absolute atomic E-state index is 11.8. The largest absolute Gasteiger partial charge is 0.481 e. The molecule has 2 atom stereocenters. The molecule has 0 bridgehead atoms. The summed E-state index contributed by atoms with van der Waals surface area (Å²) in [5, 5.41) is 29.4. The molecule has 3 N–H and O–H groups in total. The SMILES string of the molecule is CC(C)(C)OC(=O)N[C@H](C(=O)O)C(C)(C)C(CC#N)C(=O)O. The van der Waals surface area contributed by atoms with Crippen molar-refractivity contribution in [3.05, 3.63) is 0 Å². The molecule has 0 saturated heterocycles. The summed E-state index contributed by atoms with van der Waals surface area (Å²) in [6.45, 7) is 7.59. The first-order valence-electron chi connectivity index (χ1n) is 6.65. The van der Waals surface area contributed by atoms with Gasteiger partial charge in [-0.25, -0.2) is 9.59 Å². The van der Waals surface area contributed by atoms with Crippen LogP contribution in [0, 0.1) is 22.7 Å². The minimum atomic E-state index is -1.52. The molecule has 0 saturated carbocycles. The molecular formula is C14H22N2O6. The van der Waals surface area contributed by atoms with Crippen molar-refractivity contribution in [2.45, 2.75) is 52.7 Å². The number of amides is 1. The Labute approximate surface area is 129 Å². The van der Waals surface area contributed by atoms with E-state index in [1.54, 1.807) is 26.8 Å². The summed E-state index contributed by atoms with van der Waals surface area (Å²) in [5.41, 5.74) is -2.22. The molecule has 0 aliphatic heterocycles. The number of aliphatic carboxylic acids is 2. The van der Waals surface area contributed by atoms with Crippen molar-refractivity contribution in [2.75, 3.05) is 0 Å². The highest BCUT2D eigenvalue weighted by atomic mass is 16.6. The number of carbonyl (C=O) groups excluding carboxylic acids is 1. The molecule has 8 nitrogen and oxygen atoms in total. The van der Waals surface area contributed by atoms with E-state index in [-0.39, 0.29) is 6.42 Å². The molecule has 22 heavy (non-hydrogen) atoms. The molecule has 1 amide bonds. The lowest BCUT2D eigenvalue weighted by atomic mass is 9.71. The summed E-state index contributed by atoms with van der Waals surface area (Å²) in [5.74, 6) is -3.96. The van der Waals surface area contributed by atoms with Crippen LogP contribution in [0.5, 0.6) is 0 Å². The van der Waals surface area contributed by atoms with Crippen molar-refractivity contribution >= 4 is 18.0 Å². The fourth-order valence-electron chi connectivity index (χ4n) is 1.95. The summed E-state index contributed by atoms with van der Waals surface area (Å²) < 4.78 is 4.99. The van der Waals surface area contributed by atoms with Gasteiger partial charge in [0.25, 0.3) is 0 Å². The average molecular weight is 314 g/mol. The molecule has 0 heterocycles. The van der Waals surface area contributed by atoms with Gasteiger partial charge in [-0.15, -0.1) is 0 Å². The minimum Gasteiger partial charge on any atom is -0.481 e. The Balaban J connectivity index is 5.39. The van der Waals surface area contributed by atoms with Crippen molar-refractivity contribution in [3.63, 3.8) is 0 Å². The summed E-state index contributed by atoms with van der Waals surface area (Å²) in [7, 11) is 0. The first-order chi connectivity index (χ1) is 9.82. The van der Waals surface area contributed by atoms with Crippen LogP contribution >= 0.6 is 0 Å². The monoisotopic (exact) mass is 314 g/mol. The molecule has 0 aromatic heterocycles. The molecule has 0 aliphatic carbocycles. The predicted octanol–water partition coefficient (Wildman–Crippen LogP) is 1.60. The third-order valence-corrected chi connectivity index (χ3v) is 3.14. The fraction of sp³-hybridized carbons (Fsp3) is 0.714. The quantitative estimate of drug-likeness (QED) is 0.677. The van der Waals surface area contributed by atoms with Crippen LogP contribution in [-0.4, -0.2) is 39.9 Å². The Kier molecular flexibility index (Phi) is 6.37. The molecular weight excluding hydrogens is 292 g/mol. The maximum Gasteiger partial charge on any atom is 0.408 e. The number of hydrogen-bond acceptors (Lipinski definition) is 5. The number of nitriles is 1. The molecule has 0 aromatic carbocycles. The number of nitrogens with one attached hydrogen (secondary N) is 1. The van der Waals surface area contributed by atoms with Gasteiger partial charge in [0.1, 0.15) is 11.6 Å². The first kappa shape index (κ1) is 19.7. The van der Waals surface area contributed by atoms with Crippen LogP contribution < -0.4 is 5.32 Å². The van der Waals surface area contributed by atoms with E-state index in [1.165, 1.54) is 13.8 Å². The number of rotatable bonds is 6. The van der Waals surface area contributed by atoms with Crippen molar-refractivity contribution < 1.29 is 29.3 Å². The Morgan fingerprint density at radius 2 is 1.64 bits per heavy atom. The van der Waals surface area contributed by atoms with E-state index in [0.29, 0.717) is 0 Å². The molecule has 0 fully saturated rings. The first-order valence-corrected chi connectivity index (χ1v) is 6.65. The lowest BCUT2D eigenvalue weighted by Gasteiger charge is -2.36. The van der Waals surface area contributed by atoms with Gasteiger partial charge in [0.05, 0.1) is 12.0 Å². The van der Waals surface area contributed by atoms with Crippen molar-refractivity contribution in [3.8, 4) is 6.07 Å². The van der Waals surface area contributed by atoms with Crippen LogP contribution in [0.1, 0.15) is 41.0 Å². The summed E-state index contributed by atoms with van der Waals surface area (Å²) in [6.07, 6.45) is -1.34. The molecule has 0 spiro atoms. The fourth-order valence-corrected chi connectivity index (χ4v) is 1.95. The average Bonchev–Trinajstić information content (AvgIpc) is 2.29. The number of nitrogens with zero attached hydrogens (tertiary/aromatic N) is 1. The van der Waals surface area contributed by atoms with Gasteiger partial charge in [-0.3, -0.25) is 4.79 Å². The molecule has 0 aromatic rings. The zero-order valence-electron chi connectivity index (χ0n) is 13.3. The highest BCUT2D eigenvalue weighted by molar-refractivity contribution is 5.82. The Morgan fingerprint density at radius 3 is 1.95 bits per heavy atom. The Morgan fingerprint density at radius 1 is 1.14 bits per heavy atom. The van der Waals surface area contributed by atoms with E-state index in [4.69, 9.17) is 10.00 Å². The number of alkyl carbamates (subject to hydrolysis) is 1. The topological polar surface area (TPSA) is 137 Å². The van der Waals surface area contributed by atoms with Crippen LogP contribution in [0.3, 0.4) is 0 Å². The van der Waals surface area contributed by atoms with Gasteiger partial charge >= 0.3 is 18.0 Å². The second-order valence-corrected chi connectivity index (χ2v) is 6.49. The van der Waals surface area contributed by atoms with Gasteiger partial charge in [0.15, 0.2) is 0 Å². The zero-order valence-corrected chi connectivity index (χ0v) is 13.3. The van der Waals surface area contributed by atoms with Gasteiger partial charge < -0.3 is 20.3 Å². The second kappa shape index (κ2) is 7.11. The van der Waals surface area contributed by atoms with Crippen LogP contribution in [0.4, 0.5) is 4.79 Å². The van der Waals surface area contributed by atoms with E-state index in [1.807, 2.05) is 0 Å². The van der Waals surface area contributed by atoms with E-state index in [2.05, 4.69) is 5.32 Å². The van der Waals surface area contributed by atoms with Crippen LogP contribution in [0.15, 0.2) is 0 Å². The molecule has 124 valence electrons. The number of carboxylic acids is 2. The van der Waals surface area contributed by atoms with Gasteiger partial charge in [-0.05, 0) is 20.8 Å². The second-order valence-electron chi connectivity index (χ2n) is 6.49. The molecule has 0 aliphatic rings. The summed E-state index contributed by atoms with van der Waals surface area (Å²) in [6, 6.07) is 0.206. The van der Waals surface area contributed by atoms with E-state index in [9.17, 15) is 24.6 Å². The highest BCUT2D eigenvalue weighted by Crippen LogP contribution is 2.34. The minimum absolute atomic E-state index is 0.373. The predicted molar refractivity (Wildman–Crippen MR) is 75.9 cm³/mol. The Hall–Kier alpha value is -2.30. The number of ether oxygens (including phenoxy) is 1. The third-order valence-electron chi connectivity index (χ3n) is 3.14. The van der Waals surface area contributed by atoms with E-state index >= 15 is 0 Å². The number of carboxylic acid groups (broad SMARTS) is 2. The summed E-state index contributed by atoms with van der Waals surface area (Å²) in [4.78, 5) is 34.5. The van der Waals surface area contributed by atoms with Gasteiger partial charge in [-0.1, -0.05) is 13.8 Å². The lowest BCUT2D eigenvalue weighted by Crippen LogP contribution is -2.55. The van der Waals surface area contributed by atoms with Gasteiger partial charge in [-0.2, -0.15) is 5.26 Å². The van der Waals surface area contributed by atoms with Crippen LogP contribution in [0.25, 0.3) is 0 Å². The van der Waals surface area contributed by atoms with Crippen molar-refractivity contribution in [1.29, 1.82) is 5.26 Å². The number of hydrogen-bond donors (Lipinski definition) is 3. The number of carbonyl (C=O) groups is 3. The zero-order chi connectivity index (χ0) is 17.7. The smallest absolute Gasteiger partial charge is 0.408 e. The highest BCUT2D eigenvalue weighted by Gasteiger charge is 2.46. The van der Waals surface area contributed by atoms with Crippen LogP contribution in [-0.2, 0) is 14.3 Å². The van der Waals surface area contributed by atoms with E-state index < -0.39 is 41.0 Å². The van der Waals surface area contributed by atoms with Gasteiger partial charge in [0.2, 0.25) is 0 Å². The third kappa shape index (κ3) is 5.60.